The number of H-pyrrole nitrogens is 1. The van der Waals surface area contributed by atoms with Crippen LogP contribution < -0.4 is 5.32 Å². The summed E-state index contributed by atoms with van der Waals surface area (Å²) >= 11 is 0. The average Bonchev–Trinajstić information content (AvgIpc) is 3.10. The van der Waals surface area contributed by atoms with Gasteiger partial charge in [-0.3, -0.25) is 9.59 Å². The zero-order chi connectivity index (χ0) is 24.0. The molecule has 1 fully saturated rings. The molecule has 0 radical (unpaired) electrons. The third-order valence-corrected chi connectivity index (χ3v) is 6.19. The Morgan fingerprint density at radius 2 is 1.94 bits per heavy atom. The molecule has 1 aliphatic rings. The molecule has 1 unspecified atom stereocenters. The van der Waals surface area contributed by atoms with E-state index < -0.39 is 0 Å². The van der Waals surface area contributed by atoms with Crippen LogP contribution in [-0.2, 0) is 27.3 Å². The number of carbonyl (C=O) groups excluding carboxylic acids is 3. The van der Waals surface area contributed by atoms with Gasteiger partial charge in [-0.05, 0) is 68.9 Å². The first-order valence-corrected chi connectivity index (χ1v) is 11.4. The molecule has 1 aromatic heterocycles. The number of carbonyl (C=O) groups is 3. The lowest BCUT2D eigenvalue weighted by Crippen LogP contribution is -2.45. The molecule has 2 N–H and O–H groups in total. The molecule has 8 heteroatoms. The molecule has 0 spiro atoms. The fraction of sp³-hybridized carbons (Fsp3) is 0.480. The summed E-state index contributed by atoms with van der Waals surface area (Å²) in [4.78, 5) is 42.4. The largest absolute Gasteiger partial charge is 0.461 e. The molecule has 0 bridgehead atoms. The van der Waals surface area contributed by atoms with E-state index in [9.17, 15) is 18.8 Å². The molecule has 0 aliphatic carbocycles. The minimum Gasteiger partial charge on any atom is -0.461 e. The minimum atomic E-state index is -0.388. The molecular weight excluding hydrogens is 425 g/mol. The Kier molecular flexibility index (Phi) is 8.25. The molecule has 2 aromatic rings. The number of likely N-dealkylation sites (tertiary alicyclic amines) is 1. The fourth-order valence-electron chi connectivity index (χ4n) is 4.31. The Labute approximate surface area is 193 Å². The van der Waals surface area contributed by atoms with Crippen LogP contribution >= 0.6 is 0 Å². The first-order chi connectivity index (χ1) is 15.8. The topological polar surface area (TPSA) is 91.5 Å². The molecule has 1 atom stereocenters. The number of hydrogen-bond donors (Lipinski definition) is 2. The van der Waals surface area contributed by atoms with Crippen molar-refractivity contribution in [1.29, 1.82) is 0 Å². The normalized spacial score (nSPS) is 15.9. The second kappa shape index (κ2) is 11.1. The first kappa shape index (κ1) is 24.5. The van der Waals surface area contributed by atoms with Gasteiger partial charge in [0.1, 0.15) is 11.5 Å². The number of nitrogens with one attached hydrogen (secondary N) is 2. The van der Waals surface area contributed by atoms with Gasteiger partial charge in [0.05, 0.1) is 12.5 Å². The summed E-state index contributed by atoms with van der Waals surface area (Å²) in [6.45, 7) is 7.18. The van der Waals surface area contributed by atoms with E-state index in [-0.39, 0.29) is 29.5 Å². The molecule has 33 heavy (non-hydrogen) atoms. The van der Waals surface area contributed by atoms with Crippen molar-refractivity contribution >= 4 is 17.8 Å². The van der Waals surface area contributed by atoms with Gasteiger partial charge >= 0.3 is 5.97 Å². The fourth-order valence-corrected chi connectivity index (χ4v) is 4.31. The van der Waals surface area contributed by atoms with Crippen molar-refractivity contribution in [2.45, 2.75) is 53.0 Å². The van der Waals surface area contributed by atoms with Crippen LogP contribution in [0.1, 0.15) is 59.1 Å². The maximum atomic E-state index is 13.0. The number of amides is 2. The summed E-state index contributed by atoms with van der Waals surface area (Å²) in [7, 11) is 0. The van der Waals surface area contributed by atoms with Crippen molar-refractivity contribution < 1.29 is 23.5 Å². The van der Waals surface area contributed by atoms with Crippen LogP contribution in [0.2, 0.25) is 0 Å². The quantitative estimate of drug-likeness (QED) is 0.594. The molecular formula is C25H32FN3O4. The summed E-state index contributed by atoms with van der Waals surface area (Å²) in [5, 5.41) is 2.90. The van der Waals surface area contributed by atoms with Crippen molar-refractivity contribution in [3.05, 3.63) is 58.2 Å². The molecule has 1 aliphatic heterocycles. The zero-order valence-corrected chi connectivity index (χ0v) is 19.5. The highest BCUT2D eigenvalue weighted by atomic mass is 19.1. The highest BCUT2D eigenvalue weighted by molar-refractivity contribution is 5.90. The van der Waals surface area contributed by atoms with E-state index in [1.807, 2.05) is 13.8 Å². The number of aromatic amines is 1. The van der Waals surface area contributed by atoms with Crippen molar-refractivity contribution in [1.82, 2.24) is 15.2 Å². The van der Waals surface area contributed by atoms with E-state index >= 15 is 0 Å². The molecule has 3 rings (SSSR count). The molecule has 7 nitrogen and oxygen atoms in total. The van der Waals surface area contributed by atoms with Gasteiger partial charge in [0.2, 0.25) is 11.8 Å². The number of rotatable bonds is 8. The molecule has 1 saturated heterocycles. The van der Waals surface area contributed by atoms with Crippen LogP contribution in [0, 0.1) is 25.6 Å². The van der Waals surface area contributed by atoms with Crippen molar-refractivity contribution in [2.24, 2.45) is 5.92 Å². The summed E-state index contributed by atoms with van der Waals surface area (Å²) in [6.07, 6.45) is 2.34. The Hall–Kier alpha value is -3.16. The Bertz CT molecular complexity index is 1000. The SMILES string of the molecule is CCOC(=O)c1[nH]c(C)c(CCC(=O)N2CCCC(C(=O)NCc3ccc(F)cc3)C2)c1C. The second-order valence-corrected chi connectivity index (χ2v) is 8.47. The summed E-state index contributed by atoms with van der Waals surface area (Å²) in [6, 6.07) is 6.02. The lowest BCUT2D eigenvalue weighted by atomic mass is 9.96. The lowest BCUT2D eigenvalue weighted by molar-refractivity contribution is -0.135. The predicted molar refractivity (Wildman–Crippen MR) is 122 cm³/mol. The van der Waals surface area contributed by atoms with Gasteiger partial charge < -0.3 is 19.9 Å². The maximum Gasteiger partial charge on any atom is 0.355 e. The van der Waals surface area contributed by atoms with E-state index in [1.54, 1.807) is 24.0 Å². The number of halogens is 1. The lowest BCUT2D eigenvalue weighted by Gasteiger charge is -2.32. The summed E-state index contributed by atoms with van der Waals surface area (Å²) in [5.41, 5.74) is 3.90. The third-order valence-electron chi connectivity index (χ3n) is 6.19. The number of nitrogens with zero attached hydrogens (tertiary/aromatic N) is 1. The highest BCUT2D eigenvalue weighted by Gasteiger charge is 2.28. The van der Waals surface area contributed by atoms with Gasteiger partial charge in [-0.15, -0.1) is 0 Å². The highest BCUT2D eigenvalue weighted by Crippen LogP contribution is 2.22. The van der Waals surface area contributed by atoms with Gasteiger partial charge in [-0.2, -0.15) is 0 Å². The van der Waals surface area contributed by atoms with E-state index in [0.717, 1.165) is 35.2 Å². The molecule has 2 amide bonds. The zero-order valence-electron chi connectivity index (χ0n) is 19.5. The number of aromatic nitrogens is 1. The number of hydrogen-bond acceptors (Lipinski definition) is 4. The van der Waals surface area contributed by atoms with Crippen LogP contribution in [0.3, 0.4) is 0 Å². The number of aryl methyl sites for hydroxylation is 1. The average molecular weight is 458 g/mol. The molecule has 0 saturated carbocycles. The van der Waals surface area contributed by atoms with E-state index in [2.05, 4.69) is 10.3 Å². The minimum absolute atomic E-state index is 0.00344. The van der Waals surface area contributed by atoms with E-state index in [1.165, 1.54) is 12.1 Å². The standard InChI is InChI=1S/C25H32FN3O4/c1-4-33-25(32)23-16(2)21(17(3)28-23)11-12-22(30)29-13-5-6-19(15-29)24(31)27-14-18-7-9-20(26)10-8-18/h7-10,19,28H,4-6,11-15H2,1-3H3,(H,27,31). The van der Waals surface area contributed by atoms with Gasteiger partial charge in [0.25, 0.3) is 0 Å². The second-order valence-electron chi connectivity index (χ2n) is 8.47. The van der Waals surface area contributed by atoms with Crippen molar-refractivity contribution in [2.75, 3.05) is 19.7 Å². The van der Waals surface area contributed by atoms with E-state index in [4.69, 9.17) is 4.74 Å². The van der Waals surface area contributed by atoms with Crippen LogP contribution in [0.15, 0.2) is 24.3 Å². The van der Waals surface area contributed by atoms with Gasteiger partial charge in [-0.1, -0.05) is 12.1 Å². The summed E-state index contributed by atoms with van der Waals surface area (Å²) in [5.74, 6) is -1.04. The Morgan fingerprint density at radius 3 is 2.64 bits per heavy atom. The van der Waals surface area contributed by atoms with Crippen LogP contribution in [0.25, 0.3) is 0 Å². The van der Waals surface area contributed by atoms with Gasteiger partial charge in [0, 0.05) is 31.7 Å². The van der Waals surface area contributed by atoms with E-state index in [0.29, 0.717) is 44.8 Å². The Balaban J connectivity index is 1.53. The third kappa shape index (κ3) is 6.21. The van der Waals surface area contributed by atoms with Crippen molar-refractivity contribution in [3.8, 4) is 0 Å². The Morgan fingerprint density at radius 1 is 1.21 bits per heavy atom. The smallest absolute Gasteiger partial charge is 0.355 e. The predicted octanol–water partition coefficient (Wildman–Crippen LogP) is 3.43. The van der Waals surface area contributed by atoms with Crippen LogP contribution in [-0.4, -0.2) is 47.4 Å². The van der Waals surface area contributed by atoms with Gasteiger partial charge in [-0.25, -0.2) is 9.18 Å². The number of piperidine rings is 1. The number of esters is 1. The monoisotopic (exact) mass is 457 g/mol. The van der Waals surface area contributed by atoms with Gasteiger partial charge in [0.15, 0.2) is 0 Å². The maximum absolute atomic E-state index is 13.0. The number of ether oxygens (including phenoxy) is 1. The molecule has 1 aromatic carbocycles. The van der Waals surface area contributed by atoms with Crippen LogP contribution in [0.5, 0.6) is 0 Å². The molecule has 178 valence electrons. The van der Waals surface area contributed by atoms with Crippen LogP contribution in [0.4, 0.5) is 4.39 Å². The molecule has 2 heterocycles. The van der Waals surface area contributed by atoms with Crippen molar-refractivity contribution in [3.63, 3.8) is 0 Å². The summed E-state index contributed by atoms with van der Waals surface area (Å²) < 4.78 is 18.1. The number of benzene rings is 1. The first-order valence-electron chi connectivity index (χ1n) is 11.4.